The van der Waals surface area contributed by atoms with Crippen LogP contribution in [-0.2, 0) is 4.79 Å². The smallest absolute Gasteiger partial charge is 0.309 e. The van der Waals surface area contributed by atoms with Crippen LogP contribution in [0.2, 0.25) is 0 Å². The molecule has 1 saturated heterocycles. The van der Waals surface area contributed by atoms with Crippen LogP contribution in [0.25, 0.3) is 0 Å². The Morgan fingerprint density at radius 1 is 1.48 bits per heavy atom. The summed E-state index contributed by atoms with van der Waals surface area (Å²) < 4.78 is 0. The molecule has 0 radical (unpaired) electrons. The Bertz CT molecular complexity index is 569. The number of hydrogen-bond acceptors (Lipinski definition) is 4. The van der Waals surface area contributed by atoms with Gasteiger partial charge in [0.15, 0.2) is 0 Å². The number of pyridine rings is 1. The van der Waals surface area contributed by atoms with Crippen molar-refractivity contribution in [1.82, 2.24) is 4.98 Å². The molecule has 0 aromatic carbocycles. The molecule has 0 aliphatic carbocycles. The highest BCUT2D eigenvalue weighted by atomic mass is 16.4. The number of hydrogen-bond donors (Lipinski definition) is 1. The van der Waals surface area contributed by atoms with Crippen molar-refractivity contribution in [2.24, 2.45) is 5.41 Å². The first-order chi connectivity index (χ1) is 10.0. The summed E-state index contributed by atoms with van der Waals surface area (Å²) in [6, 6.07) is 5.68. The van der Waals surface area contributed by atoms with Crippen LogP contribution in [-0.4, -0.2) is 29.1 Å². The summed E-state index contributed by atoms with van der Waals surface area (Å²) in [6.07, 6.45) is 2.87. The number of aryl methyl sites for hydroxylation is 1. The third-order valence-electron chi connectivity index (χ3n) is 4.30. The van der Waals surface area contributed by atoms with Gasteiger partial charge >= 0.3 is 5.97 Å². The van der Waals surface area contributed by atoms with E-state index in [9.17, 15) is 9.90 Å². The summed E-state index contributed by atoms with van der Waals surface area (Å²) in [7, 11) is 0. The number of piperidine rings is 1. The largest absolute Gasteiger partial charge is 0.481 e. The fraction of sp³-hybridized carbons (Fsp3) is 0.562. The molecule has 0 amide bonds. The Morgan fingerprint density at radius 2 is 2.14 bits per heavy atom. The molecule has 0 spiro atoms. The van der Waals surface area contributed by atoms with Crippen molar-refractivity contribution < 1.29 is 9.90 Å². The molecule has 2 rings (SSSR count). The van der Waals surface area contributed by atoms with Crippen LogP contribution in [0, 0.1) is 23.7 Å². The molecule has 1 fully saturated rings. The van der Waals surface area contributed by atoms with Gasteiger partial charge in [-0.05, 0) is 38.3 Å². The molecule has 1 aliphatic rings. The second-order valence-electron chi connectivity index (χ2n) is 5.79. The fourth-order valence-electron chi connectivity index (χ4n) is 3.09. The van der Waals surface area contributed by atoms with Crippen molar-refractivity contribution in [3.8, 4) is 6.07 Å². The highest BCUT2D eigenvalue weighted by Gasteiger charge is 2.40. The molecular formula is C16H21N3O2. The van der Waals surface area contributed by atoms with Gasteiger partial charge in [-0.25, -0.2) is 4.98 Å². The third kappa shape index (κ3) is 3.15. The SMILES string of the molecule is CCCC1(C(=O)O)CCN(c2cc(C#N)cc(C)n2)CC1. The highest BCUT2D eigenvalue weighted by molar-refractivity contribution is 5.75. The van der Waals surface area contributed by atoms with Gasteiger partial charge in [0.2, 0.25) is 0 Å². The van der Waals surface area contributed by atoms with Crippen LogP contribution in [0.4, 0.5) is 5.82 Å². The Balaban J connectivity index is 2.15. The summed E-state index contributed by atoms with van der Waals surface area (Å²) in [6.45, 7) is 5.24. The molecule has 5 nitrogen and oxygen atoms in total. The molecule has 0 unspecified atom stereocenters. The Labute approximate surface area is 125 Å². The molecule has 1 aliphatic heterocycles. The second kappa shape index (κ2) is 6.13. The highest BCUT2D eigenvalue weighted by Crippen LogP contribution is 2.37. The standard InChI is InChI=1S/C16H21N3O2/c1-3-4-16(15(20)21)5-7-19(8-6-16)14-10-13(11-17)9-12(2)18-14/h9-10H,3-8H2,1-2H3,(H,20,21). The van der Waals surface area contributed by atoms with E-state index in [2.05, 4.69) is 16.0 Å². The zero-order valence-corrected chi connectivity index (χ0v) is 12.6. The van der Waals surface area contributed by atoms with Gasteiger partial charge in [-0.1, -0.05) is 13.3 Å². The van der Waals surface area contributed by atoms with Crippen LogP contribution >= 0.6 is 0 Å². The summed E-state index contributed by atoms with van der Waals surface area (Å²) in [5, 5.41) is 18.6. The Hall–Kier alpha value is -2.09. The minimum Gasteiger partial charge on any atom is -0.481 e. The quantitative estimate of drug-likeness (QED) is 0.921. The molecule has 1 N–H and O–H groups in total. The van der Waals surface area contributed by atoms with Gasteiger partial charge in [0, 0.05) is 18.8 Å². The molecule has 0 saturated carbocycles. The molecule has 0 bridgehead atoms. The normalized spacial score (nSPS) is 17.3. The predicted octanol–water partition coefficient (Wildman–Crippen LogP) is 2.73. The van der Waals surface area contributed by atoms with Gasteiger partial charge in [-0.2, -0.15) is 5.26 Å². The van der Waals surface area contributed by atoms with E-state index in [0.29, 0.717) is 31.5 Å². The summed E-state index contributed by atoms with van der Waals surface area (Å²) in [5.41, 5.74) is 0.821. The average molecular weight is 287 g/mol. The monoisotopic (exact) mass is 287 g/mol. The van der Waals surface area contributed by atoms with Gasteiger partial charge < -0.3 is 10.0 Å². The lowest BCUT2D eigenvalue weighted by Gasteiger charge is -2.39. The number of anilines is 1. The third-order valence-corrected chi connectivity index (χ3v) is 4.30. The van der Waals surface area contributed by atoms with Crippen molar-refractivity contribution in [3.05, 3.63) is 23.4 Å². The maximum atomic E-state index is 11.6. The van der Waals surface area contributed by atoms with Crippen molar-refractivity contribution in [2.75, 3.05) is 18.0 Å². The first kappa shape index (κ1) is 15.3. The number of carboxylic acids is 1. The number of carboxylic acid groups (broad SMARTS) is 1. The number of rotatable bonds is 4. The van der Waals surface area contributed by atoms with Crippen LogP contribution in [0.1, 0.15) is 43.9 Å². The van der Waals surface area contributed by atoms with E-state index in [1.165, 1.54) is 0 Å². The van der Waals surface area contributed by atoms with Crippen LogP contribution in [0.15, 0.2) is 12.1 Å². The van der Waals surface area contributed by atoms with E-state index in [1.807, 2.05) is 13.8 Å². The first-order valence-corrected chi connectivity index (χ1v) is 7.38. The zero-order valence-electron chi connectivity index (χ0n) is 12.6. The van der Waals surface area contributed by atoms with Crippen molar-refractivity contribution >= 4 is 11.8 Å². The molecular weight excluding hydrogens is 266 g/mol. The molecule has 1 aromatic heterocycles. The van der Waals surface area contributed by atoms with E-state index < -0.39 is 11.4 Å². The second-order valence-corrected chi connectivity index (χ2v) is 5.79. The number of aromatic nitrogens is 1. The maximum absolute atomic E-state index is 11.6. The molecule has 0 atom stereocenters. The van der Waals surface area contributed by atoms with Crippen LogP contribution in [0.5, 0.6) is 0 Å². The van der Waals surface area contributed by atoms with Crippen molar-refractivity contribution in [3.63, 3.8) is 0 Å². The maximum Gasteiger partial charge on any atom is 0.309 e. The van der Waals surface area contributed by atoms with Gasteiger partial charge in [0.1, 0.15) is 5.82 Å². The van der Waals surface area contributed by atoms with E-state index in [1.54, 1.807) is 12.1 Å². The molecule has 2 heterocycles. The topological polar surface area (TPSA) is 77.2 Å². The molecule has 1 aromatic rings. The lowest BCUT2D eigenvalue weighted by Crippen LogP contribution is -2.44. The number of carbonyl (C=O) groups is 1. The fourth-order valence-corrected chi connectivity index (χ4v) is 3.09. The van der Waals surface area contributed by atoms with Crippen molar-refractivity contribution in [2.45, 2.75) is 39.5 Å². The number of nitriles is 1. The van der Waals surface area contributed by atoms with Crippen LogP contribution < -0.4 is 4.90 Å². The van der Waals surface area contributed by atoms with Gasteiger partial charge in [0.05, 0.1) is 17.0 Å². The molecule has 112 valence electrons. The van der Waals surface area contributed by atoms with Gasteiger partial charge in [-0.3, -0.25) is 4.79 Å². The Morgan fingerprint density at radius 3 is 2.67 bits per heavy atom. The van der Waals surface area contributed by atoms with E-state index >= 15 is 0 Å². The predicted molar refractivity (Wildman–Crippen MR) is 80.1 cm³/mol. The van der Waals surface area contributed by atoms with E-state index in [4.69, 9.17) is 5.26 Å². The van der Waals surface area contributed by atoms with E-state index in [0.717, 1.165) is 24.4 Å². The Kier molecular flexibility index (Phi) is 4.46. The lowest BCUT2D eigenvalue weighted by atomic mass is 9.75. The van der Waals surface area contributed by atoms with E-state index in [-0.39, 0.29) is 0 Å². The average Bonchev–Trinajstić information content (AvgIpc) is 2.47. The number of nitrogens with zero attached hydrogens (tertiary/aromatic N) is 3. The van der Waals surface area contributed by atoms with Crippen LogP contribution in [0.3, 0.4) is 0 Å². The number of aliphatic carboxylic acids is 1. The summed E-state index contributed by atoms with van der Waals surface area (Å²) in [4.78, 5) is 18.1. The minimum atomic E-state index is -0.682. The molecule has 5 heteroatoms. The van der Waals surface area contributed by atoms with Crippen molar-refractivity contribution in [1.29, 1.82) is 5.26 Å². The zero-order chi connectivity index (χ0) is 15.5. The van der Waals surface area contributed by atoms with Gasteiger partial charge in [0.25, 0.3) is 0 Å². The molecule has 21 heavy (non-hydrogen) atoms. The first-order valence-electron chi connectivity index (χ1n) is 7.38. The van der Waals surface area contributed by atoms with Gasteiger partial charge in [-0.15, -0.1) is 0 Å². The minimum absolute atomic E-state index is 0.590. The summed E-state index contributed by atoms with van der Waals surface area (Å²) >= 11 is 0. The summed E-state index contributed by atoms with van der Waals surface area (Å²) in [5.74, 6) is 0.0981. The lowest BCUT2D eigenvalue weighted by molar-refractivity contribution is -0.150.